The second kappa shape index (κ2) is 6.64. The van der Waals surface area contributed by atoms with Gasteiger partial charge in [0.25, 0.3) is 0 Å². The van der Waals surface area contributed by atoms with Crippen molar-refractivity contribution in [1.29, 1.82) is 0 Å². The van der Waals surface area contributed by atoms with Gasteiger partial charge in [0.05, 0.1) is 0 Å². The quantitative estimate of drug-likeness (QED) is 0.797. The van der Waals surface area contributed by atoms with Gasteiger partial charge in [0.1, 0.15) is 0 Å². The molecular formula is C14H24N2. The molecule has 0 spiro atoms. The highest BCUT2D eigenvalue weighted by Crippen LogP contribution is 2.13. The number of nitrogens with zero attached hydrogens (tertiary/aromatic N) is 1. The van der Waals surface area contributed by atoms with E-state index in [1.54, 1.807) is 0 Å². The zero-order valence-corrected chi connectivity index (χ0v) is 11.0. The zero-order valence-electron chi connectivity index (χ0n) is 11.0. The van der Waals surface area contributed by atoms with Crippen LogP contribution in [0.15, 0.2) is 18.5 Å². The Morgan fingerprint density at radius 2 is 2.12 bits per heavy atom. The molecule has 0 radical (unpaired) electrons. The van der Waals surface area contributed by atoms with Gasteiger partial charge in [-0.25, -0.2) is 0 Å². The summed E-state index contributed by atoms with van der Waals surface area (Å²) in [7, 11) is 0. The molecule has 0 amide bonds. The van der Waals surface area contributed by atoms with Crippen molar-refractivity contribution in [3.05, 3.63) is 29.6 Å². The van der Waals surface area contributed by atoms with Crippen LogP contribution in [-0.4, -0.2) is 17.6 Å². The second-order valence-corrected chi connectivity index (χ2v) is 4.81. The van der Waals surface area contributed by atoms with Crippen LogP contribution in [0.25, 0.3) is 0 Å². The number of rotatable bonds is 6. The average Bonchev–Trinajstić information content (AvgIpc) is 2.26. The van der Waals surface area contributed by atoms with Crippen molar-refractivity contribution >= 4 is 0 Å². The summed E-state index contributed by atoms with van der Waals surface area (Å²) in [5.74, 6) is 0.666. The van der Waals surface area contributed by atoms with Gasteiger partial charge in [0.2, 0.25) is 0 Å². The Kier molecular flexibility index (Phi) is 5.47. The van der Waals surface area contributed by atoms with Gasteiger partial charge in [-0.2, -0.15) is 0 Å². The summed E-state index contributed by atoms with van der Waals surface area (Å²) in [4.78, 5) is 4.14. The van der Waals surface area contributed by atoms with E-state index in [9.17, 15) is 0 Å². The molecule has 90 valence electrons. The van der Waals surface area contributed by atoms with Crippen molar-refractivity contribution in [1.82, 2.24) is 10.3 Å². The molecule has 0 aliphatic heterocycles. The molecule has 0 aromatic carbocycles. The van der Waals surface area contributed by atoms with Crippen LogP contribution in [0.2, 0.25) is 0 Å². The van der Waals surface area contributed by atoms with Gasteiger partial charge < -0.3 is 5.32 Å². The lowest BCUT2D eigenvalue weighted by Gasteiger charge is -2.23. The summed E-state index contributed by atoms with van der Waals surface area (Å²) in [6.07, 6.45) is 6.14. The summed E-state index contributed by atoms with van der Waals surface area (Å²) < 4.78 is 0. The highest BCUT2D eigenvalue weighted by atomic mass is 14.9. The van der Waals surface area contributed by atoms with Crippen LogP contribution in [0.4, 0.5) is 0 Å². The third-order valence-electron chi connectivity index (χ3n) is 3.04. The molecule has 1 unspecified atom stereocenters. The maximum absolute atomic E-state index is 4.14. The molecule has 0 saturated heterocycles. The van der Waals surface area contributed by atoms with Crippen LogP contribution < -0.4 is 5.32 Å². The summed E-state index contributed by atoms with van der Waals surface area (Å²) in [6, 6.07) is 2.71. The van der Waals surface area contributed by atoms with Crippen molar-refractivity contribution in [3.63, 3.8) is 0 Å². The highest BCUT2D eigenvalue weighted by Gasteiger charge is 2.13. The first-order valence-electron chi connectivity index (χ1n) is 6.28. The predicted molar refractivity (Wildman–Crippen MR) is 69.6 cm³/mol. The smallest absolute Gasteiger partial charge is 0.0299 e. The number of aryl methyl sites for hydroxylation is 1. The first-order chi connectivity index (χ1) is 7.65. The monoisotopic (exact) mass is 220 g/mol. The Morgan fingerprint density at radius 1 is 1.38 bits per heavy atom. The molecule has 0 saturated carbocycles. The van der Waals surface area contributed by atoms with Gasteiger partial charge in [-0.15, -0.1) is 0 Å². The molecule has 2 heteroatoms. The molecule has 1 aromatic heterocycles. The number of hydrogen-bond donors (Lipinski definition) is 1. The first kappa shape index (κ1) is 13.2. The topological polar surface area (TPSA) is 24.9 Å². The molecule has 0 bridgehead atoms. The van der Waals surface area contributed by atoms with Crippen molar-refractivity contribution in [2.45, 2.75) is 46.6 Å². The molecule has 0 fully saturated rings. The van der Waals surface area contributed by atoms with E-state index < -0.39 is 0 Å². The van der Waals surface area contributed by atoms with Crippen LogP contribution in [-0.2, 0) is 6.42 Å². The summed E-state index contributed by atoms with van der Waals surface area (Å²) in [5, 5.41) is 3.62. The van der Waals surface area contributed by atoms with Crippen molar-refractivity contribution in [2.75, 3.05) is 6.54 Å². The minimum atomic E-state index is 0.570. The fourth-order valence-corrected chi connectivity index (χ4v) is 1.84. The summed E-state index contributed by atoms with van der Waals surface area (Å²) in [5.41, 5.74) is 2.71. The normalized spacial score (nSPS) is 13.1. The highest BCUT2D eigenvalue weighted by molar-refractivity contribution is 5.22. The van der Waals surface area contributed by atoms with Gasteiger partial charge in [0, 0.05) is 18.4 Å². The maximum Gasteiger partial charge on any atom is 0.0299 e. The Labute approximate surface area is 99.5 Å². The van der Waals surface area contributed by atoms with E-state index in [1.807, 2.05) is 12.4 Å². The van der Waals surface area contributed by atoms with Crippen LogP contribution in [0.1, 0.15) is 38.3 Å². The van der Waals surface area contributed by atoms with Gasteiger partial charge in [-0.1, -0.05) is 20.8 Å². The Morgan fingerprint density at radius 3 is 2.69 bits per heavy atom. The first-order valence-corrected chi connectivity index (χ1v) is 6.28. The minimum Gasteiger partial charge on any atom is -0.313 e. The largest absolute Gasteiger partial charge is 0.313 e. The summed E-state index contributed by atoms with van der Waals surface area (Å²) >= 11 is 0. The Hall–Kier alpha value is -0.890. The second-order valence-electron chi connectivity index (χ2n) is 4.81. The lowest BCUT2D eigenvalue weighted by Crippen LogP contribution is -2.36. The molecule has 1 aromatic rings. The van der Waals surface area contributed by atoms with Crippen LogP contribution >= 0.6 is 0 Å². The van der Waals surface area contributed by atoms with E-state index in [4.69, 9.17) is 0 Å². The predicted octanol–water partition coefficient (Wildman–Crippen LogP) is 2.96. The molecule has 0 aliphatic carbocycles. The SMILES string of the molecule is CCCNC(Cc1ccncc1C)C(C)C. The number of pyridine rings is 1. The van der Waals surface area contributed by atoms with Crippen molar-refractivity contribution in [2.24, 2.45) is 5.92 Å². The number of aromatic nitrogens is 1. The van der Waals surface area contributed by atoms with E-state index in [-0.39, 0.29) is 0 Å². The third kappa shape index (κ3) is 3.93. The maximum atomic E-state index is 4.14. The summed E-state index contributed by atoms with van der Waals surface area (Å²) in [6.45, 7) is 10.0. The van der Waals surface area contributed by atoms with E-state index in [1.165, 1.54) is 17.5 Å². The fraction of sp³-hybridized carbons (Fsp3) is 0.643. The van der Waals surface area contributed by atoms with Gasteiger partial charge in [0.15, 0.2) is 0 Å². The van der Waals surface area contributed by atoms with E-state index in [2.05, 4.69) is 44.1 Å². The van der Waals surface area contributed by atoms with E-state index in [0.717, 1.165) is 13.0 Å². The van der Waals surface area contributed by atoms with Gasteiger partial charge in [-0.3, -0.25) is 4.98 Å². The lowest BCUT2D eigenvalue weighted by atomic mass is 9.95. The minimum absolute atomic E-state index is 0.570. The molecule has 0 aliphatic rings. The Bertz CT molecular complexity index is 307. The molecule has 1 rings (SSSR count). The lowest BCUT2D eigenvalue weighted by molar-refractivity contribution is 0.397. The number of nitrogens with one attached hydrogen (secondary N) is 1. The van der Waals surface area contributed by atoms with Crippen molar-refractivity contribution < 1.29 is 0 Å². The Balaban J connectivity index is 2.64. The van der Waals surface area contributed by atoms with Crippen LogP contribution in [0.5, 0.6) is 0 Å². The standard InChI is InChI=1S/C14H24N2/c1-5-7-16-14(11(2)3)9-13-6-8-15-10-12(13)4/h6,8,10-11,14,16H,5,7,9H2,1-4H3. The molecule has 16 heavy (non-hydrogen) atoms. The third-order valence-corrected chi connectivity index (χ3v) is 3.04. The molecule has 2 nitrogen and oxygen atoms in total. The fourth-order valence-electron chi connectivity index (χ4n) is 1.84. The zero-order chi connectivity index (χ0) is 12.0. The van der Waals surface area contributed by atoms with Crippen LogP contribution in [0.3, 0.4) is 0 Å². The number of hydrogen-bond acceptors (Lipinski definition) is 2. The molecular weight excluding hydrogens is 196 g/mol. The average molecular weight is 220 g/mol. The van der Waals surface area contributed by atoms with E-state index >= 15 is 0 Å². The van der Waals surface area contributed by atoms with Crippen LogP contribution in [0, 0.1) is 12.8 Å². The van der Waals surface area contributed by atoms with Gasteiger partial charge in [-0.05, 0) is 49.4 Å². The molecule has 1 N–H and O–H groups in total. The van der Waals surface area contributed by atoms with Gasteiger partial charge >= 0.3 is 0 Å². The molecule has 1 heterocycles. The molecule has 1 atom stereocenters. The van der Waals surface area contributed by atoms with E-state index in [0.29, 0.717) is 12.0 Å². The van der Waals surface area contributed by atoms with Crippen molar-refractivity contribution in [3.8, 4) is 0 Å².